The number of hydrogen-bond donors (Lipinski definition) is 3. The zero-order valence-electron chi connectivity index (χ0n) is 16.7. The predicted octanol–water partition coefficient (Wildman–Crippen LogP) is 4.04. The zero-order valence-corrected chi connectivity index (χ0v) is 16.7. The quantitative estimate of drug-likeness (QED) is 0.345. The second-order valence-electron chi connectivity index (χ2n) is 6.92. The third-order valence-electron chi connectivity index (χ3n) is 4.93. The average molecular weight is 387 g/mol. The normalized spacial score (nSPS) is 11.7. The summed E-state index contributed by atoms with van der Waals surface area (Å²) < 4.78 is 5.58. The van der Waals surface area contributed by atoms with Crippen molar-refractivity contribution in [3.8, 4) is 11.5 Å². The summed E-state index contributed by atoms with van der Waals surface area (Å²) in [4.78, 5) is 12.2. The number of nitrogens with one attached hydrogen (secondary N) is 3. The third-order valence-corrected chi connectivity index (χ3v) is 4.93. The highest BCUT2D eigenvalue weighted by molar-refractivity contribution is 5.86. The van der Waals surface area contributed by atoms with E-state index in [1.165, 1.54) is 22.0 Å². The van der Waals surface area contributed by atoms with Gasteiger partial charge in [0.2, 0.25) is 5.89 Å². The van der Waals surface area contributed by atoms with Crippen LogP contribution in [-0.4, -0.2) is 29.5 Å². The number of aliphatic imine (C=N–C) groups is 1. The molecule has 6 heteroatoms. The molecule has 2 heterocycles. The lowest BCUT2D eigenvalue weighted by atomic mass is 10.1. The highest BCUT2D eigenvalue weighted by Gasteiger charge is 2.08. The van der Waals surface area contributed by atoms with Gasteiger partial charge in [0.25, 0.3) is 0 Å². The van der Waals surface area contributed by atoms with Gasteiger partial charge in [0.05, 0.1) is 12.2 Å². The summed E-state index contributed by atoms with van der Waals surface area (Å²) in [5, 5.41) is 7.93. The Bertz CT molecular complexity index is 1110. The van der Waals surface area contributed by atoms with Gasteiger partial charge >= 0.3 is 0 Å². The number of para-hydroxylation sites is 1. The summed E-state index contributed by atoms with van der Waals surface area (Å²) in [7, 11) is 1.77. The van der Waals surface area contributed by atoms with Crippen molar-refractivity contribution in [1.29, 1.82) is 0 Å². The molecule has 0 amide bonds. The fourth-order valence-electron chi connectivity index (χ4n) is 3.38. The van der Waals surface area contributed by atoms with Gasteiger partial charge in [-0.15, -0.1) is 0 Å². The molecular formula is C23H25N5O. The van der Waals surface area contributed by atoms with Crippen molar-refractivity contribution in [2.24, 2.45) is 4.99 Å². The van der Waals surface area contributed by atoms with Crippen LogP contribution in [0.1, 0.15) is 16.8 Å². The minimum Gasteiger partial charge on any atom is -0.444 e. The number of fused-ring (bicyclic) bond motifs is 1. The summed E-state index contributed by atoms with van der Waals surface area (Å²) in [6, 6.07) is 16.3. The van der Waals surface area contributed by atoms with E-state index in [1.54, 1.807) is 13.3 Å². The van der Waals surface area contributed by atoms with Crippen LogP contribution in [0.15, 0.2) is 70.4 Å². The van der Waals surface area contributed by atoms with Crippen molar-refractivity contribution in [1.82, 2.24) is 20.6 Å². The van der Waals surface area contributed by atoms with Gasteiger partial charge in [-0.1, -0.05) is 36.4 Å². The molecule has 0 unspecified atom stereocenters. The molecular weight excluding hydrogens is 362 g/mol. The first kappa shape index (κ1) is 18.8. The maximum absolute atomic E-state index is 5.58. The molecule has 148 valence electrons. The fourth-order valence-corrected chi connectivity index (χ4v) is 3.38. The van der Waals surface area contributed by atoms with Crippen molar-refractivity contribution in [3.63, 3.8) is 0 Å². The van der Waals surface area contributed by atoms with Gasteiger partial charge in [0.1, 0.15) is 6.26 Å². The van der Waals surface area contributed by atoms with Crippen LogP contribution < -0.4 is 10.6 Å². The lowest BCUT2D eigenvalue weighted by Gasteiger charge is -2.10. The Balaban J connectivity index is 1.30. The topological polar surface area (TPSA) is 78.2 Å². The first-order valence-corrected chi connectivity index (χ1v) is 9.74. The van der Waals surface area contributed by atoms with Gasteiger partial charge in [-0.05, 0) is 36.6 Å². The first-order chi connectivity index (χ1) is 14.2. The van der Waals surface area contributed by atoms with Gasteiger partial charge < -0.3 is 20.0 Å². The number of nitrogens with zero attached hydrogens (tertiary/aromatic N) is 2. The summed E-state index contributed by atoms with van der Waals surface area (Å²) >= 11 is 0. The molecule has 4 rings (SSSR count). The zero-order chi connectivity index (χ0) is 20.1. The van der Waals surface area contributed by atoms with Crippen LogP contribution in [0.25, 0.3) is 22.4 Å². The first-order valence-electron chi connectivity index (χ1n) is 9.74. The molecule has 0 aliphatic carbocycles. The molecule has 2 aromatic heterocycles. The molecule has 0 aliphatic heterocycles. The average Bonchev–Trinajstić information content (AvgIpc) is 3.39. The number of benzene rings is 2. The number of H-pyrrole nitrogens is 1. The molecule has 0 bridgehead atoms. The Morgan fingerprint density at radius 1 is 1.10 bits per heavy atom. The lowest BCUT2D eigenvalue weighted by Crippen LogP contribution is -2.37. The lowest BCUT2D eigenvalue weighted by molar-refractivity contribution is 0.572. The van der Waals surface area contributed by atoms with Crippen LogP contribution in [0.4, 0.5) is 0 Å². The molecule has 0 fully saturated rings. The highest BCUT2D eigenvalue weighted by atomic mass is 16.3. The van der Waals surface area contributed by atoms with E-state index in [4.69, 9.17) is 4.42 Å². The van der Waals surface area contributed by atoms with E-state index in [9.17, 15) is 0 Å². The van der Waals surface area contributed by atoms with Crippen LogP contribution in [-0.2, 0) is 13.0 Å². The Hall–Kier alpha value is -3.54. The van der Waals surface area contributed by atoms with Crippen molar-refractivity contribution in [3.05, 3.63) is 77.8 Å². The Morgan fingerprint density at radius 2 is 1.97 bits per heavy atom. The molecule has 0 saturated heterocycles. The van der Waals surface area contributed by atoms with Crippen molar-refractivity contribution in [2.45, 2.75) is 19.9 Å². The largest absolute Gasteiger partial charge is 0.444 e. The number of hydrogen-bond acceptors (Lipinski definition) is 3. The van der Waals surface area contributed by atoms with Gasteiger partial charge in [0, 0.05) is 36.3 Å². The minimum atomic E-state index is 0.544. The second kappa shape index (κ2) is 8.65. The highest BCUT2D eigenvalue weighted by Crippen LogP contribution is 2.21. The van der Waals surface area contributed by atoms with Crippen LogP contribution in [0.3, 0.4) is 0 Å². The molecule has 2 aromatic carbocycles. The summed E-state index contributed by atoms with van der Waals surface area (Å²) in [5.41, 5.74) is 5.58. The van der Waals surface area contributed by atoms with Gasteiger partial charge in [-0.2, -0.15) is 0 Å². The molecule has 4 aromatic rings. The fraction of sp³-hybridized carbons (Fsp3) is 0.217. The molecule has 0 radical (unpaired) electrons. The Morgan fingerprint density at radius 3 is 2.79 bits per heavy atom. The summed E-state index contributed by atoms with van der Waals surface area (Å²) in [5.74, 6) is 1.37. The van der Waals surface area contributed by atoms with Crippen molar-refractivity contribution in [2.75, 3.05) is 13.6 Å². The number of oxazole rings is 1. The van der Waals surface area contributed by atoms with E-state index in [1.807, 2.05) is 30.3 Å². The van der Waals surface area contributed by atoms with Gasteiger partial charge in [-0.25, -0.2) is 4.98 Å². The Labute approximate surface area is 170 Å². The molecule has 29 heavy (non-hydrogen) atoms. The SMILES string of the molecule is CN=C(NCCc1c[nH]c2c(C)cccc12)NCc1coc(-c2ccccc2)n1. The monoisotopic (exact) mass is 387 g/mol. The van der Waals surface area contributed by atoms with E-state index < -0.39 is 0 Å². The van der Waals surface area contributed by atoms with E-state index in [0.29, 0.717) is 12.4 Å². The predicted molar refractivity (Wildman–Crippen MR) is 117 cm³/mol. The minimum absolute atomic E-state index is 0.544. The van der Waals surface area contributed by atoms with Crippen molar-refractivity contribution < 1.29 is 4.42 Å². The number of guanidine groups is 1. The molecule has 0 aliphatic rings. The maximum atomic E-state index is 5.58. The summed E-state index contributed by atoms with van der Waals surface area (Å²) in [6.07, 6.45) is 4.68. The second-order valence-corrected chi connectivity index (χ2v) is 6.92. The Kier molecular flexibility index (Phi) is 5.61. The van der Waals surface area contributed by atoms with Crippen molar-refractivity contribution >= 4 is 16.9 Å². The van der Waals surface area contributed by atoms with E-state index in [-0.39, 0.29) is 0 Å². The maximum Gasteiger partial charge on any atom is 0.226 e. The van der Waals surface area contributed by atoms with Crippen LogP contribution in [0.2, 0.25) is 0 Å². The van der Waals surface area contributed by atoms with Gasteiger partial charge in [-0.3, -0.25) is 4.99 Å². The van der Waals surface area contributed by atoms with Gasteiger partial charge in [0.15, 0.2) is 5.96 Å². The van der Waals surface area contributed by atoms with Crippen LogP contribution >= 0.6 is 0 Å². The third kappa shape index (κ3) is 4.32. The van der Waals surface area contributed by atoms with E-state index >= 15 is 0 Å². The summed E-state index contributed by atoms with van der Waals surface area (Å²) in [6.45, 7) is 3.46. The number of aromatic nitrogens is 2. The van der Waals surface area contributed by atoms with Crippen LogP contribution in [0.5, 0.6) is 0 Å². The van der Waals surface area contributed by atoms with E-state index in [2.05, 4.69) is 56.9 Å². The number of rotatable bonds is 6. The van der Waals surface area contributed by atoms with E-state index in [0.717, 1.165) is 30.2 Å². The number of aromatic amines is 1. The number of aryl methyl sites for hydroxylation is 1. The molecule has 0 spiro atoms. The molecule has 3 N–H and O–H groups in total. The smallest absolute Gasteiger partial charge is 0.226 e. The van der Waals surface area contributed by atoms with Crippen LogP contribution in [0, 0.1) is 6.92 Å². The standard InChI is InChI=1S/C23H25N5O/c1-16-7-6-10-20-18(13-26-21(16)20)11-12-25-23(24-2)27-14-19-15-29-22(28-19)17-8-4-3-5-9-17/h3-10,13,15,26H,11-12,14H2,1-2H3,(H2,24,25,27). The molecule has 0 saturated carbocycles. The molecule has 6 nitrogen and oxygen atoms in total. The molecule has 0 atom stereocenters.